The molecule has 1 unspecified atom stereocenters. The zero-order valence-corrected chi connectivity index (χ0v) is 14.9. The van der Waals surface area contributed by atoms with Crippen LogP contribution in [0.2, 0.25) is 0 Å². The van der Waals surface area contributed by atoms with Crippen LogP contribution in [0.15, 0.2) is 0 Å². The summed E-state index contributed by atoms with van der Waals surface area (Å²) in [6.07, 6.45) is 16.0. The second-order valence-corrected chi connectivity index (χ2v) is 6.62. The molecule has 4 nitrogen and oxygen atoms in total. The van der Waals surface area contributed by atoms with E-state index < -0.39 is 11.9 Å². The smallest absolute Gasteiger partial charge is 0.306 e. The highest BCUT2D eigenvalue weighted by Gasteiger charge is 2.13. The minimum Gasteiger partial charge on any atom is -0.481 e. The average Bonchev–Trinajstić information content (AvgIpc) is 2.50. The summed E-state index contributed by atoms with van der Waals surface area (Å²) in [7, 11) is 0. The van der Waals surface area contributed by atoms with Gasteiger partial charge in [-0.1, -0.05) is 77.6 Å². The van der Waals surface area contributed by atoms with Crippen molar-refractivity contribution in [3.8, 4) is 0 Å². The fourth-order valence-electron chi connectivity index (χ4n) is 2.94. The maximum atomic E-state index is 10.9. The van der Waals surface area contributed by atoms with E-state index >= 15 is 0 Å². The number of aliphatic carboxylic acids is 2. The van der Waals surface area contributed by atoms with Gasteiger partial charge in [0, 0.05) is 6.42 Å². The molecule has 4 heteroatoms. The van der Waals surface area contributed by atoms with Gasteiger partial charge in [0.2, 0.25) is 0 Å². The summed E-state index contributed by atoms with van der Waals surface area (Å²) in [5.41, 5.74) is 0. The monoisotopic (exact) mass is 328 g/mol. The SMILES string of the molecule is CCC(CCCCCCCCCCCCCCC(=O)O)C(=O)O. The minimum absolute atomic E-state index is 0.148. The third-order valence-electron chi connectivity index (χ3n) is 4.54. The van der Waals surface area contributed by atoms with Crippen LogP contribution in [0.5, 0.6) is 0 Å². The average molecular weight is 328 g/mol. The number of hydrogen-bond acceptors (Lipinski definition) is 2. The van der Waals surface area contributed by atoms with Crippen molar-refractivity contribution in [3.63, 3.8) is 0 Å². The Balaban J connectivity index is 3.16. The molecule has 0 spiro atoms. The Hall–Kier alpha value is -1.06. The molecular weight excluding hydrogens is 292 g/mol. The largest absolute Gasteiger partial charge is 0.481 e. The fraction of sp³-hybridized carbons (Fsp3) is 0.895. The highest BCUT2D eigenvalue weighted by molar-refractivity contribution is 5.69. The van der Waals surface area contributed by atoms with Gasteiger partial charge in [0.05, 0.1) is 5.92 Å². The highest BCUT2D eigenvalue weighted by atomic mass is 16.4. The summed E-state index contributed by atoms with van der Waals surface area (Å²) < 4.78 is 0. The number of carboxylic acids is 2. The van der Waals surface area contributed by atoms with E-state index in [0.29, 0.717) is 6.42 Å². The molecule has 0 aliphatic rings. The molecule has 0 aliphatic carbocycles. The van der Waals surface area contributed by atoms with Gasteiger partial charge in [-0.2, -0.15) is 0 Å². The van der Waals surface area contributed by atoms with E-state index in [2.05, 4.69) is 0 Å². The van der Waals surface area contributed by atoms with Gasteiger partial charge in [0.15, 0.2) is 0 Å². The van der Waals surface area contributed by atoms with Crippen molar-refractivity contribution in [2.24, 2.45) is 5.92 Å². The molecule has 2 N–H and O–H groups in total. The fourth-order valence-corrected chi connectivity index (χ4v) is 2.94. The Kier molecular flexibility index (Phi) is 15.1. The van der Waals surface area contributed by atoms with E-state index in [1.165, 1.54) is 44.9 Å². The van der Waals surface area contributed by atoms with Crippen molar-refractivity contribution in [2.75, 3.05) is 0 Å². The van der Waals surface area contributed by atoms with E-state index in [1.807, 2.05) is 6.92 Å². The van der Waals surface area contributed by atoms with E-state index in [4.69, 9.17) is 10.2 Å². The molecule has 136 valence electrons. The summed E-state index contributed by atoms with van der Waals surface area (Å²) >= 11 is 0. The van der Waals surface area contributed by atoms with E-state index in [1.54, 1.807) is 0 Å². The van der Waals surface area contributed by atoms with Crippen molar-refractivity contribution in [1.29, 1.82) is 0 Å². The van der Waals surface area contributed by atoms with Gasteiger partial charge in [0.1, 0.15) is 0 Å². The first-order valence-electron chi connectivity index (χ1n) is 9.52. The van der Waals surface area contributed by atoms with Crippen LogP contribution in [0.25, 0.3) is 0 Å². The van der Waals surface area contributed by atoms with Crippen LogP contribution in [0.4, 0.5) is 0 Å². The molecule has 0 saturated heterocycles. The van der Waals surface area contributed by atoms with Crippen LogP contribution in [-0.2, 0) is 9.59 Å². The van der Waals surface area contributed by atoms with Crippen molar-refractivity contribution in [1.82, 2.24) is 0 Å². The predicted molar refractivity (Wildman–Crippen MR) is 93.7 cm³/mol. The van der Waals surface area contributed by atoms with Gasteiger partial charge in [-0.25, -0.2) is 0 Å². The molecule has 0 aromatic rings. The lowest BCUT2D eigenvalue weighted by Crippen LogP contribution is -2.12. The van der Waals surface area contributed by atoms with Crippen LogP contribution in [0.3, 0.4) is 0 Å². The van der Waals surface area contributed by atoms with Crippen LogP contribution < -0.4 is 0 Å². The topological polar surface area (TPSA) is 74.6 Å². The molecule has 0 radical (unpaired) electrons. The van der Waals surface area contributed by atoms with Gasteiger partial charge in [-0.05, 0) is 19.3 Å². The number of unbranched alkanes of at least 4 members (excludes halogenated alkanes) is 11. The lowest BCUT2D eigenvalue weighted by atomic mass is 9.98. The Morgan fingerprint density at radius 2 is 1.09 bits per heavy atom. The van der Waals surface area contributed by atoms with Crippen LogP contribution >= 0.6 is 0 Å². The van der Waals surface area contributed by atoms with Gasteiger partial charge in [-0.15, -0.1) is 0 Å². The molecule has 1 atom stereocenters. The van der Waals surface area contributed by atoms with Crippen molar-refractivity contribution in [2.45, 2.75) is 103 Å². The van der Waals surface area contributed by atoms with Crippen LogP contribution in [0, 0.1) is 5.92 Å². The molecule has 0 bridgehead atoms. The molecule has 0 rings (SSSR count). The molecule has 0 saturated carbocycles. The maximum Gasteiger partial charge on any atom is 0.306 e. The first-order chi connectivity index (χ1) is 11.1. The molecule has 0 heterocycles. The Morgan fingerprint density at radius 1 is 0.696 bits per heavy atom. The first kappa shape index (κ1) is 21.9. The van der Waals surface area contributed by atoms with Crippen molar-refractivity contribution >= 4 is 11.9 Å². The van der Waals surface area contributed by atoms with E-state index in [-0.39, 0.29) is 5.92 Å². The van der Waals surface area contributed by atoms with Gasteiger partial charge >= 0.3 is 11.9 Å². The standard InChI is InChI=1S/C19H36O4/c1-2-17(19(22)23)15-13-11-9-7-5-3-4-6-8-10-12-14-16-18(20)21/h17H,2-16H2,1H3,(H,20,21)(H,22,23). The Labute approximate surface area is 141 Å². The molecule has 0 aromatic carbocycles. The lowest BCUT2D eigenvalue weighted by Gasteiger charge is -2.08. The molecule has 0 aliphatic heterocycles. The summed E-state index contributed by atoms with van der Waals surface area (Å²) in [5, 5.41) is 17.5. The van der Waals surface area contributed by atoms with Crippen molar-refractivity contribution < 1.29 is 19.8 Å². The first-order valence-corrected chi connectivity index (χ1v) is 9.52. The van der Waals surface area contributed by atoms with Gasteiger partial charge < -0.3 is 10.2 Å². The van der Waals surface area contributed by atoms with Crippen molar-refractivity contribution in [3.05, 3.63) is 0 Å². The highest BCUT2D eigenvalue weighted by Crippen LogP contribution is 2.16. The van der Waals surface area contributed by atoms with E-state index in [9.17, 15) is 9.59 Å². The predicted octanol–water partition coefficient (Wildman–Crippen LogP) is 5.64. The number of hydrogen-bond donors (Lipinski definition) is 2. The number of rotatable bonds is 17. The molecule has 0 fully saturated rings. The Morgan fingerprint density at radius 3 is 1.43 bits per heavy atom. The third-order valence-corrected chi connectivity index (χ3v) is 4.54. The number of carboxylic acid groups (broad SMARTS) is 2. The molecule has 0 amide bonds. The summed E-state index contributed by atoms with van der Waals surface area (Å²) in [6, 6.07) is 0. The van der Waals surface area contributed by atoms with Gasteiger partial charge in [-0.3, -0.25) is 9.59 Å². The molecule has 0 aromatic heterocycles. The van der Waals surface area contributed by atoms with Crippen LogP contribution in [-0.4, -0.2) is 22.2 Å². The Bertz CT molecular complexity index is 302. The van der Waals surface area contributed by atoms with E-state index in [0.717, 1.165) is 44.9 Å². The summed E-state index contributed by atoms with van der Waals surface area (Å²) in [5.74, 6) is -1.47. The second kappa shape index (κ2) is 15.8. The molecule has 23 heavy (non-hydrogen) atoms. The number of carbonyl (C=O) groups is 2. The summed E-state index contributed by atoms with van der Waals surface area (Å²) in [4.78, 5) is 21.2. The third kappa shape index (κ3) is 15.6. The normalized spacial score (nSPS) is 12.2. The molecular formula is C19H36O4. The second-order valence-electron chi connectivity index (χ2n) is 6.62. The maximum absolute atomic E-state index is 10.9. The lowest BCUT2D eigenvalue weighted by molar-refractivity contribution is -0.142. The zero-order valence-electron chi connectivity index (χ0n) is 14.9. The summed E-state index contributed by atoms with van der Waals surface area (Å²) in [6.45, 7) is 1.95. The minimum atomic E-state index is -0.682. The quantitative estimate of drug-likeness (QED) is 0.339. The van der Waals surface area contributed by atoms with Crippen LogP contribution in [0.1, 0.15) is 103 Å². The van der Waals surface area contributed by atoms with Gasteiger partial charge in [0.25, 0.3) is 0 Å². The zero-order chi connectivity index (χ0) is 17.3.